The van der Waals surface area contributed by atoms with Crippen molar-refractivity contribution in [3.05, 3.63) is 60.8 Å². The summed E-state index contributed by atoms with van der Waals surface area (Å²) >= 11 is 0. The number of allylic oxidation sites excluding steroid dienone is 10. The number of hydrogen-bond donors (Lipinski definition) is 1. The normalized spacial score (nSPS) is 13.8. The lowest BCUT2D eigenvalue weighted by molar-refractivity contribution is -0.161. The lowest BCUT2D eigenvalue weighted by Gasteiger charge is -2.19. The molecule has 0 aromatic carbocycles. The van der Waals surface area contributed by atoms with Crippen LogP contribution in [0, 0.1) is 0 Å². The Morgan fingerprint density at radius 3 is 1.29 bits per heavy atom. The molecule has 0 aromatic rings. The number of esters is 2. The molecule has 8 nitrogen and oxygen atoms in total. The highest BCUT2D eigenvalue weighted by Gasteiger charge is 2.24. The molecule has 0 aliphatic heterocycles. The quantitative estimate of drug-likeness (QED) is 0.0279. The topological polar surface area (TPSA) is 108 Å². The van der Waals surface area contributed by atoms with Gasteiger partial charge < -0.3 is 14.4 Å². The first kappa shape index (κ1) is 56.8. The van der Waals surface area contributed by atoms with Crippen molar-refractivity contribution in [2.24, 2.45) is 0 Å². The van der Waals surface area contributed by atoms with Crippen molar-refractivity contribution in [2.45, 2.75) is 225 Å². The summed E-state index contributed by atoms with van der Waals surface area (Å²) in [4.78, 5) is 34.6. The van der Waals surface area contributed by atoms with Gasteiger partial charge >= 0.3 is 19.8 Å². The van der Waals surface area contributed by atoms with Gasteiger partial charge in [-0.15, -0.1) is 0 Å². The Kier molecular flexibility index (Phi) is 43.6. The van der Waals surface area contributed by atoms with E-state index in [0.717, 1.165) is 77.7 Å². The molecular weight excluding hydrogens is 760 g/mol. The summed E-state index contributed by atoms with van der Waals surface area (Å²) in [6.07, 6.45) is 57.1. The van der Waals surface area contributed by atoms with Crippen molar-refractivity contribution in [1.82, 2.24) is 0 Å². The number of phosphoric ester groups is 1. The molecule has 2 unspecified atom stereocenters. The van der Waals surface area contributed by atoms with Crippen molar-refractivity contribution >= 4 is 19.8 Å². The molecule has 59 heavy (non-hydrogen) atoms. The van der Waals surface area contributed by atoms with E-state index in [1.54, 1.807) is 0 Å². The van der Waals surface area contributed by atoms with Crippen LogP contribution in [0.15, 0.2) is 60.8 Å². The van der Waals surface area contributed by atoms with Crippen LogP contribution in [0.5, 0.6) is 0 Å². The number of ether oxygens (including phenoxy) is 2. The first-order chi connectivity index (χ1) is 28.8. The fourth-order valence-electron chi connectivity index (χ4n) is 6.63. The average Bonchev–Trinajstić information content (AvgIpc) is 3.23. The molecule has 0 aliphatic rings. The summed E-state index contributed by atoms with van der Waals surface area (Å²) in [5.41, 5.74) is 0. The Bertz CT molecular complexity index is 1140. The lowest BCUT2D eigenvalue weighted by Crippen LogP contribution is -2.29. The van der Waals surface area contributed by atoms with E-state index >= 15 is 0 Å². The van der Waals surface area contributed by atoms with Crippen LogP contribution in [-0.2, 0) is 32.7 Å². The number of carbonyl (C=O) groups is 2. The fourth-order valence-corrected chi connectivity index (χ4v) is 7.09. The Labute approximate surface area is 362 Å². The van der Waals surface area contributed by atoms with E-state index in [2.05, 4.69) is 79.1 Å². The molecule has 0 bridgehead atoms. The van der Waals surface area contributed by atoms with Crippen molar-refractivity contribution < 1.29 is 37.6 Å². The molecule has 9 heteroatoms. The first-order valence-electron chi connectivity index (χ1n) is 24.0. The second kappa shape index (κ2) is 45.3. The van der Waals surface area contributed by atoms with Gasteiger partial charge in [0, 0.05) is 20.0 Å². The van der Waals surface area contributed by atoms with Crippen molar-refractivity contribution in [3.63, 3.8) is 0 Å². The zero-order valence-corrected chi connectivity index (χ0v) is 39.0. The van der Waals surface area contributed by atoms with Crippen molar-refractivity contribution in [3.8, 4) is 0 Å². The second-order valence-electron chi connectivity index (χ2n) is 15.9. The largest absolute Gasteiger partial charge is 0.472 e. The summed E-state index contributed by atoms with van der Waals surface area (Å²) in [5, 5.41) is 0. The van der Waals surface area contributed by atoms with E-state index in [1.807, 2.05) is 0 Å². The number of rotatable bonds is 44. The molecule has 0 rings (SSSR count). The Hall–Kier alpha value is -2.25. The van der Waals surface area contributed by atoms with Crippen LogP contribution in [-0.4, -0.2) is 43.3 Å². The van der Waals surface area contributed by atoms with E-state index in [0.29, 0.717) is 6.42 Å². The van der Waals surface area contributed by atoms with Gasteiger partial charge in [-0.1, -0.05) is 209 Å². The maximum Gasteiger partial charge on any atom is 0.472 e. The van der Waals surface area contributed by atoms with Crippen LogP contribution in [0.25, 0.3) is 0 Å². The summed E-state index contributed by atoms with van der Waals surface area (Å²) in [6, 6.07) is 0. The Balaban J connectivity index is 3.98. The van der Waals surface area contributed by atoms with Gasteiger partial charge in [-0.05, 0) is 57.8 Å². The van der Waals surface area contributed by atoms with Crippen LogP contribution < -0.4 is 0 Å². The van der Waals surface area contributed by atoms with Crippen molar-refractivity contribution in [2.75, 3.05) is 20.3 Å². The van der Waals surface area contributed by atoms with E-state index in [1.165, 1.54) is 116 Å². The summed E-state index contributed by atoms with van der Waals surface area (Å²) < 4.78 is 32.1. The molecule has 0 aromatic heterocycles. The molecule has 0 spiro atoms. The molecule has 0 amide bonds. The molecule has 0 fully saturated rings. The Morgan fingerprint density at radius 2 is 0.864 bits per heavy atom. The lowest BCUT2D eigenvalue weighted by atomic mass is 10.0. The smallest absolute Gasteiger partial charge is 0.462 e. The minimum atomic E-state index is -4.28. The SMILES string of the molecule is CC/C=C\C/C=C\C/C=C\C/C=C\C/C=C\CCCCCC(=O)OC(COC(=O)CCCCCCCCCCCCCCCCCCCCCCC)COP(=O)(O)OC. The fraction of sp³-hybridized carbons (Fsp3) is 0.760. The van der Waals surface area contributed by atoms with E-state index in [-0.39, 0.29) is 25.4 Å². The van der Waals surface area contributed by atoms with Crippen LogP contribution >= 0.6 is 7.82 Å². The van der Waals surface area contributed by atoms with E-state index in [4.69, 9.17) is 14.0 Å². The molecule has 1 N–H and O–H groups in total. The molecule has 0 saturated heterocycles. The highest BCUT2D eigenvalue weighted by atomic mass is 31.2. The molecular formula is C50H89O8P. The Morgan fingerprint density at radius 1 is 0.492 bits per heavy atom. The van der Waals surface area contributed by atoms with Crippen LogP contribution in [0.2, 0.25) is 0 Å². The van der Waals surface area contributed by atoms with E-state index in [9.17, 15) is 19.0 Å². The second-order valence-corrected chi connectivity index (χ2v) is 17.4. The zero-order chi connectivity index (χ0) is 43.2. The molecule has 2 atom stereocenters. The summed E-state index contributed by atoms with van der Waals surface area (Å²) in [7, 11) is -3.22. The number of carbonyl (C=O) groups excluding carboxylic acids is 2. The zero-order valence-electron chi connectivity index (χ0n) is 38.1. The monoisotopic (exact) mass is 849 g/mol. The summed E-state index contributed by atoms with van der Waals surface area (Å²) in [6.45, 7) is 3.77. The third kappa shape index (κ3) is 45.1. The van der Waals surface area contributed by atoms with Crippen LogP contribution in [0.4, 0.5) is 0 Å². The predicted octanol–water partition coefficient (Wildman–Crippen LogP) is 15.5. The number of hydrogen-bond acceptors (Lipinski definition) is 7. The van der Waals surface area contributed by atoms with Gasteiger partial charge in [0.15, 0.2) is 6.10 Å². The predicted molar refractivity (Wildman–Crippen MR) is 248 cm³/mol. The highest BCUT2D eigenvalue weighted by Crippen LogP contribution is 2.42. The maximum atomic E-state index is 12.5. The van der Waals surface area contributed by atoms with Gasteiger partial charge in [-0.3, -0.25) is 18.6 Å². The number of phosphoric acid groups is 1. The van der Waals surface area contributed by atoms with Gasteiger partial charge in [0.1, 0.15) is 6.61 Å². The third-order valence-corrected chi connectivity index (χ3v) is 11.2. The van der Waals surface area contributed by atoms with Crippen LogP contribution in [0.1, 0.15) is 219 Å². The first-order valence-corrected chi connectivity index (χ1v) is 25.5. The van der Waals surface area contributed by atoms with Gasteiger partial charge in [-0.25, -0.2) is 4.57 Å². The van der Waals surface area contributed by atoms with Gasteiger partial charge in [0.25, 0.3) is 0 Å². The summed E-state index contributed by atoms with van der Waals surface area (Å²) in [5.74, 6) is -0.836. The third-order valence-electron chi connectivity index (χ3n) is 10.3. The van der Waals surface area contributed by atoms with Crippen molar-refractivity contribution in [1.29, 1.82) is 0 Å². The molecule has 0 heterocycles. The molecule has 0 aliphatic carbocycles. The standard InChI is InChI=1S/C50H89O8P/c1-4-6-8-10-12-14-16-18-20-22-24-25-27-28-30-32-34-36-38-40-42-44-49(51)56-46-48(47-57-59(53,54)55-3)58-50(52)45-43-41-39-37-35-33-31-29-26-23-21-19-17-15-13-11-9-7-5-2/h7,9,13,15,19,21,26,29,33,35,48H,4-6,8,10-12,14,16-18,20,22-25,27-28,30-32,34,36-47H2,1-3H3,(H,53,54)/b9-7-,15-13-,21-19-,29-26-,35-33-. The van der Waals surface area contributed by atoms with Gasteiger partial charge in [-0.2, -0.15) is 0 Å². The van der Waals surface area contributed by atoms with Gasteiger partial charge in [0.2, 0.25) is 0 Å². The van der Waals surface area contributed by atoms with Crippen LogP contribution in [0.3, 0.4) is 0 Å². The highest BCUT2D eigenvalue weighted by molar-refractivity contribution is 7.47. The minimum Gasteiger partial charge on any atom is -0.462 e. The average molecular weight is 849 g/mol. The number of unbranched alkanes of at least 4 members (excludes halogenated alkanes) is 23. The molecule has 0 saturated carbocycles. The molecule has 342 valence electrons. The van der Waals surface area contributed by atoms with E-state index < -0.39 is 26.5 Å². The minimum absolute atomic E-state index is 0.205. The molecule has 0 radical (unpaired) electrons. The van der Waals surface area contributed by atoms with Gasteiger partial charge in [0.05, 0.1) is 6.61 Å². The maximum absolute atomic E-state index is 12.5.